The zero-order valence-electron chi connectivity index (χ0n) is 11.2. The summed E-state index contributed by atoms with van der Waals surface area (Å²) < 4.78 is 24.1. The van der Waals surface area contributed by atoms with Gasteiger partial charge in [0.05, 0.1) is 18.9 Å². The fourth-order valence-corrected chi connectivity index (χ4v) is 3.34. The Kier molecular flexibility index (Phi) is 4.44. The van der Waals surface area contributed by atoms with Crippen LogP contribution < -0.4 is 0 Å². The van der Waals surface area contributed by atoms with Crippen LogP contribution in [0.25, 0.3) is 0 Å². The molecule has 0 unspecified atom stereocenters. The zero-order valence-corrected chi connectivity index (χ0v) is 12.0. The summed E-state index contributed by atoms with van der Waals surface area (Å²) in [5, 5.41) is 9.41. The molecule has 0 aromatic heterocycles. The Bertz CT molecular complexity index is 431. The molecular weight excluding hydrogens is 270 g/mol. The van der Waals surface area contributed by atoms with Crippen LogP contribution in [0.2, 0.25) is 0 Å². The van der Waals surface area contributed by atoms with E-state index in [0.717, 1.165) is 13.0 Å². The summed E-state index contributed by atoms with van der Waals surface area (Å²) >= 11 is 0. The lowest BCUT2D eigenvalue weighted by atomic mass is 10.3. The van der Waals surface area contributed by atoms with Crippen molar-refractivity contribution in [1.29, 1.82) is 0 Å². The normalized spacial score (nSPS) is 26.8. The largest absolute Gasteiger partial charge is 0.392 e. The number of β-amino-alcohol motifs (C(OH)–C–C–N with tert-alkyl or cyclic N) is 1. The predicted molar refractivity (Wildman–Crippen MR) is 70.1 cm³/mol. The minimum Gasteiger partial charge on any atom is -0.392 e. The van der Waals surface area contributed by atoms with E-state index < -0.39 is 10.0 Å². The molecule has 0 spiro atoms. The van der Waals surface area contributed by atoms with Crippen LogP contribution in [0.15, 0.2) is 0 Å². The van der Waals surface area contributed by atoms with E-state index in [2.05, 4.69) is 0 Å². The van der Waals surface area contributed by atoms with Gasteiger partial charge in [0, 0.05) is 39.3 Å². The van der Waals surface area contributed by atoms with Gasteiger partial charge in [-0.25, -0.2) is 8.42 Å². The summed E-state index contributed by atoms with van der Waals surface area (Å²) in [5.74, 6) is 0.0160. The van der Waals surface area contributed by atoms with Crippen LogP contribution in [0.1, 0.15) is 6.42 Å². The third kappa shape index (κ3) is 3.88. The molecule has 2 rings (SSSR count). The van der Waals surface area contributed by atoms with Crippen molar-refractivity contribution in [2.45, 2.75) is 12.5 Å². The Balaban J connectivity index is 1.79. The van der Waals surface area contributed by atoms with E-state index in [1.165, 1.54) is 10.6 Å². The van der Waals surface area contributed by atoms with E-state index in [0.29, 0.717) is 39.3 Å². The topological polar surface area (TPSA) is 81.2 Å². The minimum atomic E-state index is -3.15. The van der Waals surface area contributed by atoms with Crippen LogP contribution >= 0.6 is 0 Å². The van der Waals surface area contributed by atoms with Gasteiger partial charge in [-0.1, -0.05) is 0 Å². The quantitative estimate of drug-likeness (QED) is 0.661. The molecule has 2 heterocycles. The van der Waals surface area contributed by atoms with Gasteiger partial charge < -0.3 is 10.0 Å². The van der Waals surface area contributed by atoms with Crippen molar-refractivity contribution in [3.05, 3.63) is 0 Å². The third-order valence-electron chi connectivity index (χ3n) is 3.67. The maximum Gasteiger partial charge on any atom is 0.236 e. The number of hydrogen-bond acceptors (Lipinski definition) is 5. The van der Waals surface area contributed by atoms with E-state index >= 15 is 0 Å². The summed E-state index contributed by atoms with van der Waals surface area (Å²) in [6.45, 7) is 3.24. The molecule has 7 nitrogen and oxygen atoms in total. The summed E-state index contributed by atoms with van der Waals surface area (Å²) in [4.78, 5) is 15.7. The maximum absolute atomic E-state index is 12.1. The van der Waals surface area contributed by atoms with Crippen molar-refractivity contribution in [3.8, 4) is 0 Å². The summed E-state index contributed by atoms with van der Waals surface area (Å²) in [5.41, 5.74) is 0. The fourth-order valence-electron chi connectivity index (χ4n) is 2.52. The molecule has 0 aromatic rings. The molecule has 1 N–H and O–H groups in total. The van der Waals surface area contributed by atoms with Gasteiger partial charge in [-0.3, -0.25) is 9.69 Å². The molecule has 2 fully saturated rings. The number of rotatable bonds is 3. The van der Waals surface area contributed by atoms with Crippen LogP contribution in [0.3, 0.4) is 0 Å². The van der Waals surface area contributed by atoms with Crippen molar-refractivity contribution in [2.24, 2.45) is 0 Å². The fraction of sp³-hybridized carbons (Fsp3) is 0.909. The summed E-state index contributed by atoms with van der Waals surface area (Å²) in [6, 6.07) is 0. The van der Waals surface area contributed by atoms with Gasteiger partial charge in [0.25, 0.3) is 0 Å². The second-order valence-corrected chi connectivity index (χ2v) is 7.20. The van der Waals surface area contributed by atoms with Gasteiger partial charge in [-0.15, -0.1) is 0 Å². The van der Waals surface area contributed by atoms with Crippen molar-refractivity contribution in [3.63, 3.8) is 0 Å². The zero-order chi connectivity index (χ0) is 14.0. The highest BCUT2D eigenvalue weighted by Gasteiger charge is 2.28. The van der Waals surface area contributed by atoms with Crippen LogP contribution in [0.5, 0.6) is 0 Å². The van der Waals surface area contributed by atoms with Gasteiger partial charge >= 0.3 is 0 Å². The molecule has 0 aliphatic carbocycles. The number of piperazine rings is 1. The highest BCUT2D eigenvalue weighted by molar-refractivity contribution is 7.88. The molecule has 0 bridgehead atoms. The van der Waals surface area contributed by atoms with E-state index in [9.17, 15) is 18.3 Å². The standard InChI is InChI=1S/C11H21N3O4S/c1-19(17,18)14-6-4-13(5-7-14)11(16)9-12-3-2-10(15)8-12/h10,15H,2-9H2,1H3/t10-/m0/s1. The Hall–Kier alpha value is -0.700. The lowest BCUT2D eigenvalue weighted by Gasteiger charge is -2.34. The average molecular weight is 291 g/mol. The summed E-state index contributed by atoms with van der Waals surface area (Å²) in [7, 11) is -3.15. The first-order chi connectivity index (χ1) is 8.86. The third-order valence-corrected chi connectivity index (χ3v) is 4.97. The molecule has 19 heavy (non-hydrogen) atoms. The summed E-state index contributed by atoms with van der Waals surface area (Å²) in [6.07, 6.45) is 1.58. The number of sulfonamides is 1. The lowest BCUT2D eigenvalue weighted by Crippen LogP contribution is -2.52. The monoisotopic (exact) mass is 291 g/mol. The highest BCUT2D eigenvalue weighted by Crippen LogP contribution is 2.10. The van der Waals surface area contributed by atoms with Gasteiger partial charge in [0.1, 0.15) is 0 Å². The first-order valence-corrected chi connectivity index (χ1v) is 8.34. The lowest BCUT2D eigenvalue weighted by molar-refractivity contribution is -0.133. The second kappa shape index (κ2) is 5.74. The van der Waals surface area contributed by atoms with E-state index in [1.54, 1.807) is 4.90 Å². The molecule has 0 saturated carbocycles. The number of carbonyl (C=O) groups is 1. The van der Waals surface area contributed by atoms with Gasteiger partial charge in [-0.05, 0) is 6.42 Å². The molecule has 1 amide bonds. The molecular formula is C11H21N3O4S. The number of hydrogen-bond donors (Lipinski definition) is 1. The first kappa shape index (κ1) is 14.7. The molecule has 1 atom stereocenters. The molecule has 2 saturated heterocycles. The Morgan fingerprint density at radius 2 is 1.84 bits per heavy atom. The Morgan fingerprint density at radius 3 is 2.32 bits per heavy atom. The molecule has 8 heteroatoms. The number of aliphatic hydroxyl groups is 1. The van der Waals surface area contributed by atoms with Crippen molar-refractivity contribution >= 4 is 15.9 Å². The molecule has 2 aliphatic heterocycles. The highest BCUT2D eigenvalue weighted by atomic mass is 32.2. The van der Waals surface area contributed by atoms with Crippen LogP contribution in [0.4, 0.5) is 0 Å². The Morgan fingerprint density at radius 1 is 1.21 bits per heavy atom. The number of carbonyl (C=O) groups excluding carboxylic acids is 1. The molecule has 0 radical (unpaired) electrons. The van der Waals surface area contributed by atoms with Gasteiger partial charge in [-0.2, -0.15) is 4.31 Å². The molecule has 110 valence electrons. The SMILES string of the molecule is CS(=O)(=O)N1CCN(C(=O)CN2CC[C@H](O)C2)CC1. The maximum atomic E-state index is 12.1. The van der Waals surface area contributed by atoms with Gasteiger partial charge in [0.15, 0.2) is 0 Å². The molecule has 0 aromatic carbocycles. The van der Waals surface area contributed by atoms with Crippen molar-refractivity contribution in [2.75, 3.05) is 52.1 Å². The van der Waals surface area contributed by atoms with E-state index in [-0.39, 0.29) is 12.0 Å². The number of amides is 1. The number of aliphatic hydroxyl groups excluding tert-OH is 1. The van der Waals surface area contributed by atoms with E-state index in [1.807, 2.05) is 4.90 Å². The average Bonchev–Trinajstić information content (AvgIpc) is 2.74. The second-order valence-electron chi connectivity index (χ2n) is 5.22. The smallest absolute Gasteiger partial charge is 0.236 e. The van der Waals surface area contributed by atoms with Crippen LogP contribution in [0, 0.1) is 0 Å². The minimum absolute atomic E-state index is 0.0160. The Labute approximate surface area is 113 Å². The number of nitrogens with zero attached hydrogens (tertiary/aromatic N) is 3. The number of likely N-dealkylation sites (tertiary alicyclic amines) is 1. The molecule has 2 aliphatic rings. The van der Waals surface area contributed by atoms with Crippen LogP contribution in [-0.4, -0.2) is 91.7 Å². The van der Waals surface area contributed by atoms with Crippen molar-refractivity contribution in [1.82, 2.24) is 14.1 Å². The predicted octanol–water partition coefficient (Wildman–Crippen LogP) is -1.84. The van der Waals surface area contributed by atoms with E-state index in [4.69, 9.17) is 0 Å². The first-order valence-electron chi connectivity index (χ1n) is 6.49. The van der Waals surface area contributed by atoms with Crippen LogP contribution in [-0.2, 0) is 14.8 Å². The van der Waals surface area contributed by atoms with Gasteiger partial charge in [0.2, 0.25) is 15.9 Å². The van der Waals surface area contributed by atoms with Crippen molar-refractivity contribution < 1.29 is 18.3 Å².